The largest absolute Gasteiger partial charge is 0.397 e. The van der Waals surface area contributed by atoms with Gasteiger partial charge >= 0.3 is 0 Å². The molecule has 0 unspecified atom stereocenters. The van der Waals surface area contributed by atoms with Crippen LogP contribution in [0.2, 0.25) is 10.0 Å². The Balaban J connectivity index is 2.44. The number of nitrogens with one attached hydrogen (secondary N) is 1. The predicted molar refractivity (Wildman–Crippen MR) is 76.8 cm³/mol. The molecule has 1 amide bonds. The Kier molecular flexibility index (Phi) is 6.94. The fourth-order valence-corrected chi connectivity index (χ4v) is 1.88. The summed E-state index contributed by atoms with van der Waals surface area (Å²) in [4.78, 5) is 11.6. The number of ether oxygens (including phenoxy) is 2. The van der Waals surface area contributed by atoms with Crippen LogP contribution in [0.15, 0.2) is 12.1 Å². The SMILES string of the molecule is CCOCCOCC(=O)Nc1c(N)cc(Cl)cc1Cl. The van der Waals surface area contributed by atoms with E-state index in [1.165, 1.54) is 12.1 Å². The van der Waals surface area contributed by atoms with E-state index in [0.29, 0.717) is 36.2 Å². The van der Waals surface area contributed by atoms with Gasteiger partial charge in [0.2, 0.25) is 5.91 Å². The number of hydrogen-bond acceptors (Lipinski definition) is 4. The van der Waals surface area contributed by atoms with E-state index in [-0.39, 0.29) is 17.5 Å². The number of carbonyl (C=O) groups excluding carboxylic acids is 1. The van der Waals surface area contributed by atoms with Gasteiger partial charge in [0, 0.05) is 11.6 Å². The molecular formula is C12H16Cl2N2O3. The average molecular weight is 307 g/mol. The van der Waals surface area contributed by atoms with E-state index in [9.17, 15) is 4.79 Å². The van der Waals surface area contributed by atoms with Gasteiger partial charge in [-0.1, -0.05) is 23.2 Å². The lowest BCUT2D eigenvalue weighted by molar-refractivity contribution is -0.121. The van der Waals surface area contributed by atoms with Gasteiger partial charge in [0.05, 0.1) is 29.6 Å². The van der Waals surface area contributed by atoms with Crippen LogP contribution in [0.3, 0.4) is 0 Å². The van der Waals surface area contributed by atoms with E-state index >= 15 is 0 Å². The Morgan fingerprint density at radius 1 is 1.32 bits per heavy atom. The maximum Gasteiger partial charge on any atom is 0.250 e. The van der Waals surface area contributed by atoms with Crippen molar-refractivity contribution in [1.29, 1.82) is 0 Å². The first-order chi connectivity index (χ1) is 9.04. The summed E-state index contributed by atoms with van der Waals surface area (Å²) in [6.07, 6.45) is 0. The molecule has 106 valence electrons. The van der Waals surface area contributed by atoms with Crippen LogP contribution in [0, 0.1) is 0 Å². The topological polar surface area (TPSA) is 73.6 Å². The number of nitrogen functional groups attached to an aromatic ring is 1. The molecule has 0 saturated heterocycles. The van der Waals surface area contributed by atoms with Crippen LogP contribution in [0.1, 0.15) is 6.92 Å². The molecule has 0 fully saturated rings. The highest BCUT2D eigenvalue weighted by atomic mass is 35.5. The summed E-state index contributed by atoms with van der Waals surface area (Å²) in [6, 6.07) is 3.02. The van der Waals surface area contributed by atoms with Gasteiger partial charge in [0.1, 0.15) is 6.61 Å². The van der Waals surface area contributed by atoms with Crippen LogP contribution in [0.25, 0.3) is 0 Å². The molecule has 7 heteroatoms. The number of amides is 1. The first-order valence-electron chi connectivity index (χ1n) is 5.74. The molecule has 3 N–H and O–H groups in total. The van der Waals surface area contributed by atoms with E-state index < -0.39 is 0 Å². The first kappa shape index (κ1) is 16.0. The Hall–Kier alpha value is -1.01. The molecule has 0 aliphatic rings. The first-order valence-corrected chi connectivity index (χ1v) is 6.50. The van der Waals surface area contributed by atoms with Gasteiger partial charge in [0.15, 0.2) is 0 Å². The van der Waals surface area contributed by atoms with E-state index in [2.05, 4.69) is 5.32 Å². The maximum atomic E-state index is 11.6. The zero-order valence-electron chi connectivity index (χ0n) is 10.5. The van der Waals surface area contributed by atoms with E-state index in [0.717, 1.165) is 0 Å². The van der Waals surface area contributed by atoms with Crippen molar-refractivity contribution in [1.82, 2.24) is 0 Å². The van der Waals surface area contributed by atoms with Crippen molar-refractivity contribution in [2.45, 2.75) is 6.92 Å². The van der Waals surface area contributed by atoms with Crippen LogP contribution >= 0.6 is 23.2 Å². The van der Waals surface area contributed by atoms with Crippen molar-refractivity contribution in [2.75, 3.05) is 37.5 Å². The van der Waals surface area contributed by atoms with Gasteiger partial charge in [-0.05, 0) is 19.1 Å². The molecule has 0 spiro atoms. The minimum absolute atomic E-state index is 0.0918. The van der Waals surface area contributed by atoms with Crippen molar-refractivity contribution < 1.29 is 14.3 Å². The maximum absolute atomic E-state index is 11.6. The van der Waals surface area contributed by atoms with Gasteiger partial charge in [-0.15, -0.1) is 0 Å². The van der Waals surface area contributed by atoms with Crippen LogP contribution in [-0.2, 0) is 14.3 Å². The summed E-state index contributed by atoms with van der Waals surface area (Å²) in [5.41, 5.74) is 6.36. The van der Waals surface area contributed by atoms with Crippen molar-refractivity contribution in [3.8, 4) is 0 Å². The van der Waals surface area contributed by atoms with Gasteiger partial charge in [-0.25, -0.2) is 0 Å². The average Bonchev–Trinajstić information content (AvgIpc) is 2.33. The molecule has 0 aromatic heterocycles. The quantitative estimate of drug-likeness (QED) is 0.600. The number of carbonyl (C=O) groups is 1. The van der Waals surface area contributed by atoms with Crippen LogP contribution in [-0.4, -0.2) is 32.3 Å². The van der Waals surface area contributed by atoms with Crippen molar-refractivity contribution in [2.24, 2.45) is 0 Å². The molecule has 0 aliphatic heterocycles. The molecular weight excluding hydrogens is 291 g/mol. The van der Waals surface area contributed by atoms with Gasteiger partial charge in [0.25, 0.3) is 0 Å². The predicted octanol–water partition coefficient (Wildman–Crippen LogP) is 2.57. The number of nitrogens with two attached hydrogens (primary N) is 1. The molecule has 1 aromatic rings. The summed E-state index contributed by atoms with van der Waals surface area (Å²) >= 11 is 11.7. The number of benzene rings is 1. The molecule has 0 heterocycles. The van der Waals surface area contributed by atoms with E-state index in [1.807, 2.05) is 6.92 Å². The number of anilines is 2. The molecule has 1 rings (SSSR count). The Morgan fingerprint density at radius 2 is 2.00 bits per heavy atom. The summed E-state index contributed by atoms with van der Waals surface area (Å²) in [6.45, 7) is 3.22. The smallest absolute Gasteiger partial charge is 0.250 e. The third kappa shape index (κ3) is 5.65. The Labute approximate surface area is 122 Å². The standard InChI is InChI=1S/C12H16Cl2N2O3/c1-2-18-3-4-19-7-11(17)16-12-9(14)5-8(13)6-10(12)15/h5-6H,2-4,7,15H2,1H3,(H,16,17). The zero-order valence-corrected chi connectivity index (χ0v) is 12.1. The van der Waals surface area contributed by atoms with Crippen LogP contribution in [0.4, 0.5) is 11.4 Å². The molecule has 1 aromatic carbocycles. The van der Waals surface area contributed by atoms with Crippen molar-refractivity contribution in [3.05, 3.63) is 22.2 Å². The van der Waals surface area contributed by atoms with Crippen molar-refractivity contribution in [3.63, 3.8) is 0 Å². The highest BCUT2D eigenvalue weighted by molar-refractivity contribution is 6.37. The number of rotatable bonds is 7. The molecule has 0 aliphatic carbocycles. The number of hydrogen-bond donors (Lipinski definition) is 2. The zero-order chi connectivity index (χ0) is 14.3. The highest BCUT2D eigenvalue weighted by Gasteiger charge is 2.10. The Bertz CT molecular complexity index is 418. The second kappa shape index (κ2) is 8.22. The summed E-state index contributed by atoms with van der Waals surface area (Å²) in [7, 11) is 0. The minimum atomic E-state index is -0.340. The highest BCUT2D eigenvalue weighted by Crippen LogP contribution is 2.31. The summed E-state index contributed by atoms with van der Waals surface area (Å²) in [5.74, 6) is -0.340. The summed E-state index contributed by atoms with van der Waals surface area (Å²) < 4.78 is 10.2. The normalized spacial score (nSPS) is 10.5. The molecule has 0 bridgehead atoms. The fourth-order valence-electron chi connectivity index (χ4n) is 1.33. The molecule has 5 nitrogen and oxygen atoms in total. The lowest BCUT2D eigenvalue weighted by atomic mass is 10.2. The molecule has 0 atom stereocenters. The van der Waals surface area contributed by atoms with Gasteiger partial charge in [-0.3, -0.25) is 4.79 Å². The lowest BCUT2D eigenvalue weighted by Crippen LogP contribution is -2.20. The molecule has 0 radical (unpaired) electrons. The number of halogens is 2. The summed E-state index contributed by atoms with van der Waals surface area (Å²) in [5, 5.41) is 3.27. The fraction of sp³-hybridized carbons (Fsp3) is 0.417. The van der Waals surface area contributed by atoms with Crippen LogP contribution < -0.4 is 11.1 Å². The third-order valence-electron chi connectivity index (χ3n) is 2.16. The van der Waals surface area contributed by atoms with E-state index in [4.69, 9.17) is 38.4 Å². The van der Waals surface area contributed by atoms with Gasteiger partial charge in [-0.2, -0.15) is 0 Å². The molecule has 19 heavy (non-hydrogen) atoms. The molecule has 0 saturated carbocycles. The second-order valence-corrected chi connectivity index (χ2v) is 4.49. The Morgan fingerprint density at radius 3 is 2.63 bits per heavy atom. The van der Waals surface area contributed by atoms with E-state index in [1.54, 1.807) is 0 Å². The van der Waals surface area contributed by atoms with Gasteiger partial charge < -0.3 is 20.5 Å². The lowest BCUT2D eigenvalue weighted by Gasteiger charge is -2.11. The van der Waals surface area contributed by atoms with Crippen molar-refractivity contribution >= 4 is 40.5 Å². The second-order valence-electron chi connectivity index (χ2n) is 3.65. The monoisotopic (exact) mass is 306 g/mol. The third-order valence-corrected chi connectivity index (χ3v) is 2.68. The minimum Gasteiger partial charge on any atom is -0.397 e. The van der Waals surface area contributed by atoms with Crippen LogP contribution in [0.5, 0.6) is 0 Å².